The summed E-state index contributed by atoms with van der Waals surface area (Å²) in [5.41, 5.74) is 0.946. The molecule has 0 aliphatic heterocycles. The van der Waals surface area contributed by atoms with Gasteiger partial charge in [0, 0.05) is 18.0 Å². The summed E-state index contributed by atoms with van der Waals surface area (Å²) < 4.78 is 7.04. The van der Waals surface area contributed by atoms with Crippen LogP contribution in [0, 0.1) is 0 Å². The van der Waals surface area contributed by atoms with E-state index in [0.29, 0.717) is 16.9 Å². The molecule has 0 aromatic carbocycles. The minimum atomic E-state index is -1.05. The van der Waals surface area contributed by atoms with Gasteiger partial charge in [-0.25, -0.2) is 4.79 Å². The highest BCUT2D eigenvalue weighted by molar-refractivity contribution is 7.98. The Kier molecular flexibility index (Phi) is 3.76. The van der Waals surface area contributed by atoms with E-state index in [0.717, 1.165) is 5.69 Å². The molecule has 2 heterocycles. The summed E-state index contributed by atoms with van der Waals surface area (Å²) in [6, 6.07) is 5.41. The molecule has 0 aliphatic rings. The van der Waals surface area contributed by atoms with Crippen molar-refractivity contribution in [2.45, 2.75) is 30.7 Å². The van der Waals surface area contributed by atoms with Crippen LogP contribution in [0.4, 0.5) is 0 Å². The lowest BCUT2D eigenvalue weighted by molar-refractivity contribution is 0.0656. The van der Waals surface area contributed by atoms with Crippen molar-refractivity contribution in [2.24, 2.45) is 0 Å². The Hall–Kier alpha value is -1.69. The summed E-state index contributed by atoms with van der Waals surface area (Å²) in [5.74, 6) is -0.428. The Morgan fingerprint density at radius 1 is 1.50 bits per heavy atom. The van der Waals surface area contributed by atoms with E-state index in [1.807, 2.05) is 16.9 Å². The number of furan rings is 1. The summed E-state index contributed by atoms with van der Waals surface area (Å²) >= 11 is 1.43. The molecule has 0 radical (unpaired) electrons. The third-order valence-corrected chi connectivity index (χ3v) is 3.29. The normalized spacial score (nSPS) is 11.1. The van der Waals surface area contributed by atoms with Crippen LogP contribution in [-0.2, 0) is 5.75 Å². The summed E-state index contributed by atoms with van der Waals surface area (Å²) in [4.78, 5) is 10.6. The molecular weight excluding hydrogens is 252 g/mol. The minimum absolute atomic E-state index is 0.0368. The summed E-state index contributed by atoms with van der Waals surface area (Å²) in [7, 11) is 0. The van der Waals surface area contributed by atoms with E-state index >= 15 is 0 Å². The maximum absolute atomic E-state index is 10.6. The molecule has 18 heavy (non-hydrogen) atoms. The van der Waals surface area contributed by atoms with Gasteiger partial charge in [-0.1, -0.05) is 11.8 Å². The topological polar surface area (TPSA) is 68.3 Å². The van der Waals surface area contributed by atoms with Crippen molar-refractivity contribution in [3.63, 3.8) is 0 Å². The second-order valence-electron chi connectivity index (χ2n) is 4.09. The molecule has 0 unspecified atom stereocenters. The molecule has 0 amide bonds. The van der Waals surface area contributed by atoms with E-state index in [4.69, 9.17) is 9.52 Å². The van der Waals surface area contributed by atoms with Gasteiger partial charge in [0.15, 0.2) is 5.09 Å². The molecule has 0 atom stereocenters. The van der Waals surface area contributed by atoms with E-state index < -0.39 is 5.97 Å². The number of nitrogens with zero attached hydrogens (tertiary/aromatic N) is 2. The van der Waals surface area contributed by atoms with Crippen molar-refractivity contribution in [1.29, 1.82) is 0 Å². The van der Waals surface area contributed by atoms with E-state index in [9.17, 15) is 4.79 Å². The molecule has 6 heteroatoms. The van der Waals surface area contributed by atoms with Gasteiger partial charge in [-0.2, -0.15) is 5.10 Å². The molecule has 96 valence electrons. The fraction of sp³-hybridized carbons (Fsp3) is 0.333. The van der Waals surface area contributed by atoms with Gasteiger partial charge >= 0.3 is 5.97 Å². The Morgan fingerprint density at radius 2 is 2.28 bits per heavy atom. The number of aromatic nitrogens is 2. The van der Waals surface area contributed by atoms with Crippen LogP contribution < -0.4 is 0 Å². The Morgan fingerprint density at radius 3 is 2.83 bits per heavy atom. The molecule has 2 rings (SSSR count). The first-order valence-corrected chi connectivity index (χ1v) is 6.55. The number of carboxylic acids is 1. The maximum Gasteiger partial charge on any atom is 0.371 e. The third kappa shape index (κ3) is 2.95. The fourth-order valence-electron chi connectivity index (χ4n) is 1.40. The van der Waals surface area contributed by atoms with Crippen molar-refractivity contribution in [3.8, 4) is 0 Å². The molecule has 1 N–H and O–H groups in total. The van der Waals surface area contributed by atoms with Gasteiger partial charge in [0.05, 0.1) is 5.69 Å². The fourth-order valence-corrected chi connectivity index (χ4v) is 2.16. The highest BCUT2D eigenvalue weighted by atomic mass is 32.2. The lowest BCUT2D eigenvalue weighted by atomic mass is 10.4. The molecule has 2 aromatic heterocycles. The van der Waals surface area contributed by atoms with Crippen LogP contribution in [-0.4, -0.2) is 20.9 Å². The van der Waals surface area contributed by atoms with Gasteiger partial charge in [-0.05, 0) is 32.0 Å². The van der Waals surface area contributed by atoms with Crippen LogP contribution >= 0.6 is 11.8 Å². The second kappa shape index (κ2) is 5.30. The van der Waals surface area contributed by atoms with Crippen LogP contribution in [0.2, 0.25) is 0 Å². The lowest BCUT2D eigenvalue weighted by Gasteiger charge is -2.03. The molecular formula is C12H14N2O3S. The Balaban J connectivity index is 1.95. The average Bonchev–Trinajstić information content (AvgIpc) is 2.95. The van der Waals surface area contributed by atoms with Crippen molar-refractivity contribution in [3.05, 3.63) is 35.9 Å². The first-order chi connectivity index (χ1) is 8.56. The van der Waals surface area contributed by atoms with E-state index in [1.54, 1.807) is 6.07 Å². The van der Waals surface area contributed by atoms with Crippen LogP contribution in [0.5, 0.6) is 0 Å². The standard InChI is InChI=1S/C12H14N2O3S/c1-8(2)14-6-5-9(13-14)7-18-11-4-3-10(17-11)12(15)16/h3-6,8H,7H2,1-2H3,(H,15,16). The number of carbonyl (C=O) groups is 1. The van der Waals surface area contributed by atoms with E-state index in [-0.39, 0.29) is 5.76 Å². The maximum atomic E-state index is 10.6. The van der Waals surface area contributed by atoms with Gasteiger partial charge in [-0.3, -0.25) is 4.68 Å². The molecule has 0 bridgehead atoms. The third-order valence-electron chi connectivity index (χ3n) is 2.35. The number of carboxylic acid groups (broad SMARTS) is 1. The SMILES string of the molecule is CC(C)n1ccc(CSc2ccc(C(=O)O)o2)n1. The second-order valence-corrected chi connectivity index (χ2v) is 5.07. The summed E-state index contributed by atoms with van der Waals surface area (Å²) in [6.45, 7) is 4.13. The molecule has 0 saturated heterocycles. The highest BCUT2D eigenvalue weighted by Crippen LogP contribution is 2.24. The van der Waals surface area contributed by atoms with Crippen LogP contribution in [0.1, 0.15) is 36.1 Å². The predicted molar refractivity (Wildman–Crippen MR) is 67.8 cm³/mol. The van der Waals surface area contributed by atoms with Crippen molar-refractivity contribution < 1.29 is 14.3 Å². The van der Waals surface area contributed by atoms with Crippen molar-refractivity contribution in [1.82, 2.24) is 9.78 Å². The molecule has 2 aromatic rings. The average molecular weight is 266 g/mol. The van der Waals surface area contributed by atoms with E-state index in [2.05, 4.69) is 18.9 Å². The smallest absolute Gasteiger partial charge is 0.371 e. The van der Waals surface area contributed by atoms with Crippen LogP contribution in [0.3, 0.4) is 0 Å². The van der Waals surface area contributed by atoms with Crippen molar-refractivity contribution in [2.75, 3.05) is 0 Å². The van der Waals surface area contributed by atoms with Gasteiger partial charge in [0.2, 0.25) is 5.76 Å². The molecule has 5 nitrogen and oxygen atoms in total. The number of aromatic carboxylic acids is 1. The van der Waals surface area contributed by atoms with E-state index in [1.165, 1.54) is 17.8 Å². The summed E-state index contributed by atoms with van der Waals surface area (Å²) in [5, 5.41) is 13.7. The first-order valence-electron chi connectivity index (χ1n) is 5.56. The van der Waals surface area contributed by atoms with Crippen molar-refractivity contribution >= 4 is 17.7 Å². The quantitative estimate of drug-likeness (QED) is 0.842. The zero-order chi connectivity index (χ0) is 13.1. The molecule has 0 spiro atoms. The molecule has 0 saturated carbocycles. The van der Waals surface area contributed by atoms with Crippen LogP contribution in [0.15, 0.2) is 33.9 Å². The van der Waals surface area contributed by atoms with Crippen LogP contribution in [0.25, 0.3) is 0 Å². The Bertz CT molecular complexity index is 545. The largest absolute Gasteiger partial charge is 0.475 e. The monoisotopic (exact) mass is 266 g/mol. The summed E-state index contributed by atoms with van der Waals surface area (Å²) in [6.07, 6.45) is 1.94. The number of hydrogen-bond donors (Lipinski definition) is 1. The molecule has 0 aliphatic carbocycles. The van der Waals surface area contributed by atoms with Gasteiger partial charge in [0.25, 0.3) is 0 Å². The number of thioether (sulfide) groups is 1. The number of hydrogen-bond acceptors (Lipinski definition) is 4. The molecule has 0 fully saturated rings. The minimum Gasteiger partial charge on any atom is -0.475 e. The number of rotatable bonds is 5. The lowest BCUT2D eigenvalue weighted by Crippen LogP contribution is -2.01. The van der Waals surface area contributed by atoms with Gasteiger partial charge in [-0.15, -0.1) is 0 Å². The highest BCUT2D eigenvalue weighted by Gasteiger charge is 2.10. The zero-order valence-electron chi connectivity index (χ0n) is 10.2. The zero-order valence-corrected chi connectivity index (χ0v) is 11.0. The van der Waals surface area contributed by atoms with Gasteiger partial charge < -0.3 is 9.52 Å². The predicted octanol–water partition coefficient (Wildman–Crippen LogP) is 3.05. The Labute approximate surface area is 109 Å². The first kappa shape index (κ1) is 12.8. The van der Waals surface area contributed by atoms with Gasteiger partial charge in [0.1, 0.15) is 0 Å².